The second kappa shape index (κ2) is 8.01. The number of anilines is 1. The first-order valence-electron chi connectivity index (χ1n) is 6.87. The van der Waals surface area contributed by atoms with Gasteiger partial charge in [0, 0.05) is 6.54 Å². The van der Waals surface area contributed by atoms with Gasteiger partial charge in [0.05, 0.1) is 26.0 Å². The lowest BCUT2D eigenvalue weighted by molar-refractivity contribution is 0.130. The highest BCUT2D eigenvalue weighted by Gasteiger charge is 2.06. The van der Waals surface area contributed by atoms with Crippen molar-refractivity contribution in [1.82, 2.24) is 0 Å². The van der Waals surface area contributed by atoms with Gasteiger partial charge in [-0.25, -0.2) is 4.39 Å². The number of hydrogen-bond donors (Lipinski definition) is 1. The molecule has 5 heteroatoms. The highest BCUT2D eigenvalue weighted by atomic mass is 19.1. The lowest BCUT2D eigenvalue weighted by atomic mass is 10.2. The SMILES string of the molecule is COc1cccc(COCCNc2cccc(F)c2C#N)c1. The maximum absolute atomic E-state index is 13.4. The Morgan fingerprint density at radius 1 is 1.23 bits per heavy atom. The Morgan fingerprint density at radius 3 is 2.82 bits per heavy atom. The third-order valence-corrected chi connectivity index (χ3v) is 3.09. The van der Waals surface area contributed by atoms with Gasteiger partial charge >= 0.3 is 0 Å². The number of methoxy groups -OCH3 is 1. The molecule has 0 bridgehead atoms. The molecule has 0 aliphatic carbocycles. The predicted octanol–water partition coefficient (Wildman–Crippen LogP) is 3.33. The average Bonchev–Trinajstić information content (AvgIpc) is 2.55. The largest absolute Gasteiger partial charge is 0.497 e. The summed E-state index contributed by atoms with van der Waals surface area (Å²) >= 11 is 0. The summed E-state index contributed by atoms with van der Waals surface area (Å²) in [6.45, 7) is 1.40. The van der Waals surface area contributed by atoms with E-state index in [4.69, 9.17) is 14.7 Å². The first kappa shape index (κ1) is 15.8. The Hall–Kier alpha value is -2.58. The minimum atomic E-state index is -0.523. The fraction of sp³-hybridized carbons (Fsp3) is 0.235. The monoisotopic (exact) mass is 300 g/mol. The van der Waals surface area contributed by atoms with Crippen LogP contribution in [0.4, 0.5) is 10.1 Å². The topological polar surface area (TPSA) is 54.3 Å². The van der Waals surface area contributed by atoms with Gasteiger partial charge in [-0.3, -0.25) is 0 Å². The van der Waals surface area contributed by atoms with E-state index in [2.05, 4.69) is 5.32 Å². The smallest absolute Gasteiger partial charge is 0.143 e. The molecule has 0 radical (unpaired) electrons. The number of benzene rings is 2. The zero-order valence-electron chi connectivity index (χ0n) is 12.3. The van der Waals surface area contributed by atoms with Crippen molar-refractivity contribution in [3.05, 3.63) is 59.4 Å². The van der Waals surface area contributed by atoms with E-state index < -0.39 is 5.82 Å². The van der Waals surface area contributed by atoms with Crippen molar-refractivity contribution >= 4 is 5.69 Å². The summed E-state index contributed by atoms with van der Waals surface area (Å²) < 4.78 is 24.1. The van der Waals surface area contributed by atoms with Gasteiger partial charge < -0.3 is 14.8 Å². The van der Waals surface area contributed by atoms with Gasteiger partial charge in [-0.05, 0) is 29.8 Å². The predicted molar refractivity (Wildman–Crippen MR) is 82.3 cm³/mol. The summed E-state index contributed by atoms with van der Waals surface area (Å²) in [7, 11) is 1.62. The molecule has 114 valence electrons. The normalized spacial score (nSPS) is 10.0. The molecular weight excluding hydrogens is 283 g/mol. The molecule has 0 spiro atoms. The Kier molecular flexibility index (Phi) is 5.75. The van der Waals surface area contributed by atoms with E-state index in [9.17, 15) is 4.39 Å². The van der Waals surface area contributed by atoms with E-state index in [0.29, 0.717) is 25.4 Å². The van der Waals surface area contributed by atoms with Gasteiger partial charge in [0.25, 0.3) is 0 Å². The maximum Gasteiger partial charge on any atom is 0.143 e. The summed E-state index contributed by atoms with van der Waals surface area (Å²) in [6.07, 6.45) is 0. The van der Waals surface area contributed by atoms with E-state index in [0.717, 1.165) is 11.3 Å². The van der Waals surface area contributed by atoms with E-state index >= 15 is 0 Å². The first-order chi connectivity index (χ1) is 10.7. The van der Waals surface area contributed by atoms with Crippen LogP contribution in [0.2, 0.25) is 0 Å². The summed E-state index contributed by atoms with van der Waals surface area (Å²) in [5.74, 6) is 0.266. The molecule has 0 amide bonds. The van der Waals surface area contributed by atoms with Crippen molar-refractivity contribution in [2.75, 3.05) is 25.6 Å². The second-order valence-electron chi connectivity index (χ2n) is 4.61. The van der Waals surface area contributed by atoms with Crippen LogP contribution in [0.1, 0.15) is 11.1 Å². The molecule has 0 fully saturated rings. The summed E-state index contributed by atoms with van der Waals surface area (Å²) in [5.41, 5.74) is 1.52. The fourth-order valence-corrected chi connectivity index (χ4v) is 2.00. The zero-order chi connectivity index (χ0) is 15.8. The molecule has 0 aromatic heterocycles. The van der Waals surface area contributed by atoms with E-state index in [1.165, 1.54) is 6.07 Å². The molecular formula is C17H17FN2O2. The average molecular weight is 300 g/mol. The van der Waals surface area contributed by atoms with Gasteiger partial charge in [-0.2, -0.15) is 5.26 Å². The zero-order valence-corrected chi connectivity index (χ0v) is 12.3. The van der Waals surface area contributed by atoms with E-state index in [1.54, 1.807) is 19.2 Å². The van der Waals surface area contributed by atoms with Crippen molar-refractivity contribution in [2.45, 2.75) is 6.61 Å². The third kappa shape index (κ3) is 4.21. The van der Waals surface area contributed by atoms with Crippen LogP contribution in [0.5, 0.6) is 5.75 Å². The minimum Gasteiger partial charge on any atom is -0.497 e. The summed E-state index contributed by atoms with van der Waals surface area (Å²) in [4.78, 5) is 0. The van der Waals surface area contributed by atoms with Gasteiger partial charge in [0.2, 0.25) is 0 Å². The molecule has 0 aliphatic rings. The molecule has 2 aromatic rings. The molecule has 22 heavy (non-hydrogen) atoms. The molecule has 0 atom stereocenters. The van der Waals surface area contributed by atoms with Gasteiger partial charge in [-0.15, -0.1) is 0 Å². The van der Waals surface area contributed by atoms with Crippen LogP contribution in [-0.2, 0) is 11.3 Å². The molecule has 0 heterocycles. The lowest BCUT2D eigenvalue weighted by Crippen LogP contribution is -2.10. The Morgan fingerprint density at radius 2 is 2.05 bits per heavy atom. The summed E-state index contributed by atoms with van der Waals surface area (Å²) in [6, 6.07) is 14.0. The van der Waals surface area contributed by atoms with Crippen molar-refractivity contribution in [2.24, 2.45) is 0 Å². The van der Waals surface area contributed by atoms with Crippen molar-refractivity contribution < 1.29 is 13.9 Å². The fourth-order valence-electron chi connectivity index (χ4n) is 2.00. The lowest BCUT2D eigenvalue weighted by Gasteiger charge is -2.09. The van der Waals surface area contributed by atoms with Gasteiger partial charge in [0.1, 0.15) is 23.2 Å². The minimum absolute atomic E-state index is 0.0234. The Labute approximate surface area is 129 Å². The number of halogens is 1. The van der Waals surface area contributed by atoms with Crippen LogP contribution in [0.15, 0.2) is 42.5 Å². The van der Waals surface area contributed by atoms with Gasteiger partial charge in [0.15, 0.2) is 0 Å². The molecule has 0 aliphatic heterocycles. The van der Waals surface area contributed by atoms with Crippen LogP contribution in [-0.4, -0.2) is 20.3 Å². The molecule has 2 rings (SSSR count). The first-order valence-corrected chi connectivity index (χ1v) is 6.87. The Bertz CT molecular complexity index is 668. The van der Waals surface area contributed by atoms with Crippen molar-refractivity contribution in [1.29, 1.82) is 5.26 Å². The molecule has 4 nitrogen and oxygen atoms in total. The van der Waals surface area contributed by atoms with Crippen molar-refractivity contribution in [3.8, 4) is 11.8 Å². The second-order valence-corrected chi connectivity index (χ2v) is 4.61. The van der Waals surface area contributed by atoms with Crippen LogP contribution >= 0.6 is 0 Å². The molecule has 0 saturated carbocycles. The number of hydrogen-bond acceptors (Lipinski definition) is 4. The van der Waals surface area contributed by atoms with Gasteiger partial charge in [-0.1, -0.05) is 18.2 Å². The maximum atomic E-state index is 13.4. The summed E-state index contributed by atoms with van der Waals surface area (Å²) in [5, 5.41) is 11.9. The Balaban J connectivity index is 1.78. The quantitative estimate of drug-likeness (QED) is 0.797. The number of ether oxygens (including phenoxy) is 2. The van der Waals surface area contributed by atoms with Crippen molar-refractivity contribution in [3.63, 3.8) is 0 Å². The number of nitrogens with one attached hydrogen (secondary N) is 1. The number of rotatable bonds is 7. The number of nitriles is 1. The van der Waals surface area contributed by atoms with Crippen LogP contribution in [0, 0.1) is 17.1 Å². The number of nitrogens with zero attached hydrogens (tertiary/aromatic N) is 1. The van der Waals surface area contributed by atoms with E-state index in [-0.39, 0.29) is 5.56 Å². The molecule has 0 unspecified atom stereocenters. The molecule has 2 aromatic carbocycles. The van der Waals surface area contributed by atoms with E-state index in [1.807, 2.05) is 30.3 Å². The third-order valence-electron chi connectivity index (χ3n) is 3.09. The van der Waals surface area contributed by atoms with Crippen LogP contribution in [0.3, 0.4) is 0 Å². The highest BCUT2D eigenvalue weighted by molar-refractivity contribution is 5.57. The van der Waals surface area contributed by atoms with Crippen LogP contribution in [0.25, 0.3) is 0 Å². The van der Waals surface area contributed by atoms with Crippen LogP contribution < -0.4 is 10.1 Å². The molecule has 0 saturated heterocycles. The standard InChI is InChI=1S/C17H17FN2O2/c1-21-14-5-2-4-13(10-14)12-22-9-8-20-17-7-3-6-16(18)15(17)11-19/h2-7,10,20H,8-9,12H2,1H3. The highest BCUT2D eigenvalue weighted by Crippen LogP contribution is 2.17. The molecule has 1 N–H and O–H groups in total.